The van der Waals surface area contributed by atoms with Crippen molar-refractivity contribution in [1.29, 1.82) is 0 Å². The summed E-state index contributed by atoms with van der Waals surface area (Å²) in [5.41, 5.74) is 7.80. The molecule has 1 aromatic carbocycles. The number of rotatable bonds is 2. The molecule has 0 spiro atoms. The van der Waals surface area contributed by atoms with Crippen LogP contribution < -0.4 is 5.73 Å². The lowest BCUT2D eigenvalue weighted by Crippen LogP contribution is -2.50. The van der Waals surface area contributed by atoms with Crippen molar-refractivity contribution < 1.29 is 5.11 Å². The van der Waals surface area contributed by atoms with E-state index in [1.54, 1.807) is 0 Å². The normalized spacial score (nSPS) is 33.1. The summed E-state index contributed by atoms with van der Waals surface area (Å²) in [4.78, 5) is 0. The van der Waals surface area contributed by atoms with Gasteiger partial charge in [-0.25, -0.2) is 0 Å². The van der Waals surface area contributed by atoms with Crippen LogP contribution in [0.25, 0.3) is 0 Å². The molecule has 1 aromatic rings. The van der Waals surface area contributed by atoms with Crippen LogP contribution in [-0.2, 0) is 5.60 Å². The van der Waals surface area contributed by atoms with Crippen molar-refractivity contribution in [1.82, 2.24) is 0 Å². The summed E-state index contributed by atoms with van der Waals surface area (Å²) in [5.74, 6) is 0.549. The topological polar surface area (TPSA) is 46.2 Å². The van der Waals surface area contributed by atoms with Crippen LogP contribution >= 0.6 is 0 Å². The number of hydrogen-bond donors (Lipinski definition) is 2. The number of nitrogens with two attached hydrogens (primary N) is 1. The molecule has 2 aliphatic rings. The Morgan fingerprint density at radius 2 is 1.89 bits per heavy atom. The Labute approximate surface area is 116 Å². The molecule has 2 nitrogen and oxygen atoms in total. The molecule has 0 radical (unpaired) electrons. The third-order valence-electron chi connectivity index (χ3n) is 5.71. The molecule has 3 rings (SSSR count). The zero-order chi connectivity index (χ0) is 13.5. The van der Waals surface area contributed by atoms with Crippen molar-refractivity contribution in [3.8, 4) is 0 Å². The molecule has 0 bridgehead atoms. The van der Waals surface area contributed by atoms with Crippen molar-refractivity contribution in [2.24, 2.45) is 11.1 Å². The average molecular weight is 259 g/mol. The average Bonchev–Trinajstić information content (AvgIpc) is 2.94. The minimum Gasteiger partial charge on any atom is -0.385 e. The number of aliphatic hydroxyl groups is 1. The summed E-state index contributed by atoms with van der Waals surface area (Å²) in [7, 11) is 0. The second kappa shape index (κ2) is 4.60. The van der Waals surface area contributed by atoms with E-state index in [9.17, 15) is 5.11 Å². The molecule has 0 heterocycles. The lowest BCUT2D eigenvalue weighted by molar-refractivity contribution is -0.0993. The van der Waals surface area contributed by atoms with Gasteiger partial charge in [0.25, 0.3) is 0 Å². The maximum Gasteiger partial charge on any atom is 0.0967 e. The first kappa shape index (κ1) is 13.1. The van der Waals surface area contributed by atoms with E-state index in [4.69, 9.17) is 5.73 Å². The number of hydrogen-bond acceptors (Lipinski definition) is 2. The van der Waals surface area contributed by atoms with E-state index in [0.29, 0.717) is 12.5 Å². The molecule has 104 valence electrons. The summed E-state index contributed by atoms with van der Waals surface area (Å²) in [5, 5.41) is 11.5. The SMILES string of the molecule is CC1CCC(O)(C2(CN)CCCC2)c2ccccc21. The van der Waals surface area contributed by atoms with Crippen LogP contribution in [0.4, 0.5) is 0 Å². The molecular weight excluding hydrogens is 234 g/mol. The molecule has 1 saturated carbocycles. The molecule has 3 N–H and O–H groups in total. The highest BCUT2D eigenvalue weighted by Gasteiger charge is 2.53. The minimum absolute atomic E-state index is 0.0940. The lowest BCUT2D eigenvalue weighted by atomic mass is 9.60. The Morgan fingerprint density at radius 1 is 1.21 bits per heavy atom. The van der Waals surface area contributed by atoms with Gasteiger partial charge in [0, 0.05) is 12.0 Å². The van der Waals surface area contributed by atoms with Crippen LogP contribution in [0.2, 0.25) is 0 Å². The van der Waals surface area contributed by atoms with Crippen molar-refractivity contribution in [3.05, 3.63) is 35.4 Å². The quantitative estimate of drug-likeness (QED) is 0.856. The smallest absolute Gasteiger partial charge is 0.0967 e. The summed E-state index contributed by atoms with van der Waals surface area (Å²) in [6.07, 6.45) is 6.48. The second-order valence-corrected chi connectivity index (χ2v) is 6.58. The van der Waals surface area contributed by atoms with Gasteiger partial charge in [-0.2, -0.15) is 0 Å². The van der Waals surface area contributed by atoms with E-state index >= 15 is 0 Å². The largest absolute Gasteiger partial charge is 0.385 e. The number of benzene rings is 1. The van der Waals surface area contributed by atoms with Crippen molar-refractivity contribution in [3.63, 3.8) is 0 Å². The standard InChI is InChI=1S/C17H25NO/c1-13-8-11-17(19,15-7-3-2-6-14(13)15)16(12-18)9-4-5-10-16/h2-3,6-7,13,19H,4-5,8-12,18H2,1H3. The molecule has 2 heteroatoms. The van der Waals surface area contributed by atoms with E-state index in [-0.39, 0.29) is 5.41 Å². The first-order chi connectivity index (χ1) is 9.13. The van der Waals surface area contributed by atoms with E-state index < -0.39 is 5.60 Å². The fourth-order valence-corrected chi connectivity index (χ4v) is 4.41. The lowest BCUT2D eigenvalue weighted by Gasteiger charge is -2.49. The molecular formula is C17H25NO. The van der Waals surface area contributed by atoms with E-state index in [1.807, 2.05) is 0 Å². The van der Waals surface area contributed by atoms with Gasteiger partial charge in [0.2, 0.25) is 0 Å². The fraction of sp³-hybridized carbons (Fsp3) is 0.647. The predicted molar refractivity (Wildman–Crippen MR) is 77.9 cm³/mol. The Morgan fingerprint density at radius 3 is 2.58 bits per heavy atom. The summed E-state index contributed by atoms with van der Waals surface area (Å²) >= 11 is 0. The van der Waals surface area contributed by atoms with Crippen molar-refractivity contribution >= 4 is 0 Å². The van der Waals surface area contributed by atoms with Gasteiger partial charge < -0.3 is 10.8 Å². The highest BCUT2D eigenvalue weighted by Crippen LogP contribution is 2.56. The summed E-state index contributed by atoms with van der Waals surface area (Å²) in [6.45, 7) is 2.87. The van der Waals surface area contributed by atoms with Crippen LogP contribution in [0.15, 0.2) is 24.3 Å². The predicted octanol–water partition coefficient (Wildman–Crippen LogP) is 3.29. The van der Waals surface area contributed by atoms with Gasteiger partial charge >= 0.3 is 0 Å². The van der Waals surface area contributed by atoms with Gasteiger partial charge in [-0.05, 0) is 42.7 Å². The molecule has 2 atom stereocenters. The van der Waals surface area contributed by atoms with Gasteiger partial charge in [-0.3, -0.25) is 0 Å². The van der Waals surface area contributed by atoms with E-state index in [1.165, 1.54) is 18.4 Å². The molecule has 19 heavy (non-hydrogen) atoms. The van der Waals surface area contributed by atoms with Crippen LogP contribution in [0.3, 0.4) is 0 Å². The number of fused-ring (bicyclic) bond motifs is 1. The van der Waals surface area contributed by atoms with Gasteiger partial charge in [0.05, 0.1) is 5.60 Å². The highest BCUT2D eigenvalue weighted by molar-refractivity contribution is 5.39. The Bertz CT molecular complexity index is 464. The minimum atomic E-state index is -0.707. The zero-order valence-corrected chi connectivity index (χ0v) is 11.9. The molecule has 0 saturated heterocycles. The summed E-state index contributed by atoms with van der Waals surface area (Å²) in [6, 6.07) is 8.45. The Hall–Kier alpha value is -0.860. The first-order valence-electron chi connectivity index (χ1n) is 7.65. The van der Waals surface area contributed by atoms with Gasteiger partial charge in [-0.1, -0.05) is 44.0 Å². The molecule has 2 unspecified atom stereocenters. The maximum absolute atomic E-state index is 11.5. The molecule has 2 aliphatic carbocycles. The highest BCUT2D eigenvalue weighted by atomic mass is 16.3. The Balaban J connectivity index is 2.12. The van der Waals surface area contributed by atoms with E-state index in [2.05, 4.69) is 31.2 Å². The van der Waals surface area contributed by atoms with Crippen LogP contribution in [0.1, 0.15) is 62.5 Å². The first-order valence-corrected chi connectivity index (χ1v) is 7.65. The van der Waals surface area contributed by atoms with Crippen LogP contribution in [-0.4, -0.2) is 11.7 Å². The van der Waals surface area contributed by atoms with Crippen LogP contribution in [0, 0.1) is 5.41 Å². The fourth-order valence-electron chi connectivity index (χ4n) is 4.41. The van der Waals surface area contributed by atoms with Crippen molar-refractivity contribution in [2.75, 3.05) is 6.54 Å². The third kappa shape index (κ3) is 1.77. The van der Waals surface area contributed by atoms with Crippen LogP contribution in [0.5, 0.6) is 0 Å². The summed E-state index contributed by atoms with van der Waals surface area (Å²) < 4.78 is 0. The molecule has 0 aliphatic heterocycles. The van der Waals surface area contributed by atoms with Gasteiger partial charge in [-0.15, -0.1) is 0 Å². The molecule has 1 fully saturated rings. The monoisotopic (exact) mass is 259 g/mol. The second-order valence-electron chi connectivity index (χ2n) is 6.58. The third-order valence-corrected chi connectivity index (χ3v) is 5.71. The molecule has 0 amide bonds. The molecule has 0 aromatic heterocycles. The zero-order valence-electron chi connectivity index (χ0n) is 11.9. The van der Waals surface area contributed by atoms with E-state index in [0.717, 1.165) is 31.2 Å². The van der Waals surface area contributed by atoms with Gasteiger partial charge in [0.15, 0.2) is 0 Å². The van der Waals surface area contributed by atoms with Crippen molar-refractivity contribution in [2.45, 2.75) is 57.0 Å². The van der Waals surface area contributed by atoms with Gasteiger partial charge in [0.1, 0.15) is 0 Å². The Kier molecular flexibility index (Phi) is 3.18. The maximum atomic E-state index is 11.5.